The standard InChI is InChI=1S/C19H20N4O/c24-19(14-15-4-5-17-16(13-15)6-8-20-17)23-11-9-22(10-12-23)18-3-1-2-7-21-18/h1-8,13,20H,9-12,14H2. The Morgan fingerprint density at radius 1 is 1.08 bits per heavy atom. The van der Waals surface area contributed by atoms with Gasteiger partial charge >= 0.3 is 0 Å². The summed E-state index contributed by atoms with van der Waals surface area (Å²) in [7, 11) is 0. The van der Waals surface area contributed by atoms with Gasteiger partial charge in [-0.3, -0.25) is 4.79 Å². The number of pyridine rings is 1. The molecule has 4 rings (SSSR count). The molecule has 1 fully saturated rings. The number of nitrogens with zero attached hydrogens (tertiary/aromatic N) is 3. The number of hydrogen-bond acceptors (Lipinski definition) is 3. The maximum absolute atomic E-state index is 12.6. The molecule has 5 nitrogen and oxygen atoms in total. The van der Waals surface area contributed by atoms with E-state index in [0.29, 0.717) is 6.42 Å². The minimum atomic E-state index is 0.200. The molecule has 1 aromatic carbocycles. The molecule has 0 aliphatic carbocycles. The van der Waals surface area contributed by atoms with Gasteiger partial charge in [0.1, 0.15) is 5.82 Å². The van der Waals surface area contributed by atoms with Crippen LogP contribution in [0.3, 0.4) is 0 Å². The highest BCUT2D eigenvalue weighted by atomic mass is 16.2. The Hall–Kier alpha value is -2.82. The Balaban J connectivity index is 1.37. The van der Waals surface area contributed by atoms with Crippen LogP contribution in [0.15, 0.2) is 54.9 Å². The van der Waals surface area contributed by atoms with Gasteiger partial charge in [-0.25, -0.2) is 4.98 Å². The number of hydrogen-bond donors (Lipinski definition) is 1. The molecule has 1 aliphatic rings. The molecule has 0 unspecified atom stereocenters. The molecule has 1 amide bonds. The smallest absolute Gasteiger partial charge is 0.227 e. The van der Waals surface area contributed by atoms with Gasteiger partial charge < -0.3 is 14.8 Å². The van der Waals surface area contributed by atoms with E-state index in [1.54, 1.807) is 0 Å². The Labute approximate surface area is 140 Å². The third-order valence-corrected chi connectivity index (χ3v) is 4.58. The Morgan fingerprint density at radius 3 is 2.75 bits per heavy atom. The van der Waals surface area contributed by atoms with E-state index < -0.39 is 0 Å². The lowest BCUT2D eigenvalue weighted by atomic mass is 10.1. The largest absolute Gasteiger partial charge is 0.361 e. The average molecular weight is 320 g/mol. The fourth-order valence-electron chi connectivity index (χ4n) is 3.22. The van der Waals surface area contributed by atoms with Crippen LogP contribution < -0.4 is 4.90 Å². The van der Waals surface area contributed by atoms with Crippen molar-refractivity contribution in [2.45, 2.75) is 6.42 Å². The Kier molecular flexibility index (Phi) is 3.91. The number of amides is 1. The predicted octanol–water partition coefficient (Wildman–Crippen LogP) is 2.45. The molecule has 1 N–H and O–H groups in total. The van der Waals surface area contributed by atoms with Gasteiger partial charge in [-0.1, -0.05) is 12.1 Å². The summed E-state index contributed by atoms with van der Waals surface area (Å²) in [6.07, 6.45) is 4.20. The van der Waals surface area contributed by atoms with Gasteiger partial charge in [-0.2, -0.15) is 0 Å². The maximum Gasteiger partial charge on any atom is 0.227 e. The third kappa shape index (κ3) is 2.97. The van der Waals surface area contributed by atoms with Crippen molar-refractivity contribution in [3.8, 4) is 0 Å². The second-order valence-corrected chi connectivity index (χ2v) is 6.13. The number of anilines is 1. The summed E-state index contributed by atoms with van der Waals surface area (Å²) in [5.41, 5.74) is 2.18. The number of nitrogens with one attached hydrogen (secondary N) is 1. The summed E-state index contributed by atoms with van der Waals surface area (Å²) < 4.78 is 0. The van der Waals surface area contributed by atoms with E-state index in [4.69, 9.17) is 0 Å². The van der Waals surface area contributed by atoms with Crippen molar-refractivity contribution in [1.29, 1.82) is 0 Å². The van der Waals surface area contributed by atoms with Crippen LogP contribution in [0.5, 0.6) is 0 Å². The van der Waals surface area contributed by atoms with E-state index in [-0.39, 0.29) is 5.91 Å². The van der Waals surface area contributed by atoms with Crippen LogP contribution in [-0.2, 0) is 11.2 Å². The zero-order valence-electron chi connectivity index (χ0n) is 13.5. The third-order valence-electron chi connectivity index (χ3n) is 4.58. The van der Waals surface area contributed by atoms with Crippen LogP contribution >= 0.6 is 0 Å². The summed E-state index contributed by atoms with van der Waals surface area (Å²) in [5, 5.41) is 1.15. The molecule has 5 heteroatoms. The molecule has 24 heavy (non-hydrogen) atoms. The van der Waals surface area contributed by atoms with Crippen molar-refractivity contribution >= 4 is 22.6 Å². The van der Waals surface area contributed by atoms with Crippen LogP contribution in [0.2, 0.25) is 0 Å². The lowest BCUT2D eigenvalue weighted by molar-refractivity contribution is -0.130. The molecule has 0 radical (unpaired) electrons. The number of carbonyl (C=O) groups is 1. The highest BCUT2D eigenvalue weighted by Gasteiger charge is 2.21. The number of H-pyrrole nitrogens is 1. The molecule has 3 aromatic rings. The fourth-order valence-corrected chi connectivity index (χ4v) is 3.22. The Morgan fingerprint density at radius 2 is 1.96 bits per heavy atom. The Bertz CT molecular complexity index is 835. The highest BCUT2D eigenvalue weighted by Crippen LogP contribution is 2.17. The normalized spacial score (nSPS) is 15.0. The molecule has 0 saturated carbocycles. The number of aromatic nitrogens is 2. The van der Waals surface area contributed by atoms with Gasteiger partial charge in [0.15, 0.2) is 0 Å². The van der Waals surface area contributed by atoms with Crippen LogP contribution in [-0.4, -0.2) is 47.0 Å². The van der Waals surface area contributed by atoms with Crippen molar-refractivity contribution in [2.24, 2.45) is 0 Å². The number of aromatic amines is 1. The van der Waals surface area contributed by atoms with Crippen LogP contribution in [0.1, 0.15) is 5.56 Å². The van der Waals surface area contributed by atoms with E-state index in [1.807, 2.05) is 53.7 Å². The first-order valence-electron chi connectivity index (χ1n) is 8.29. The molecule has 3 heterocycles. The van der Waals surface area contributed by atoms with E-state index in [9.17, 15) is 4.79 Å². The lowest BCUT2D eigenvalue weighted by Crippen LogP contribution is -2.49. The monoisotopic (exact) mass is 320 g/mol. The van der Waals surface area contributed by atoms with Crippen molar-refractivity contribution in [1.82, 2.24) is 14.9 Å². The van der Waals surface area contributed by atoms with Crippen molar-refractivity contribution < 1.29 is 4.79 Å². The quantitative estimate of drug-likeness (QED) is 0.806. The molecule has 0 bridgehead atoms. The van der Waals surface area contributed by atoms with Crippen molar-refractivity contribution in [3.63, 3.8) is 0 Å². The van der Waals surface area contributed by atoms with Gasteiger partial charge in [0, 0.05) is 44.1 Å². The zero-order chi connectivity index (χ0) is 16.4. The molecular formula is C19H20N4O. The van der Waals surface area contributed by atoms with Crippen LogP contribution in [0, 0.1) is 0 Å². The number of rotatable bonds is 3. The summed E-state index contributed by atoms with van der Waals surface area (Å²) >= 11 is 0. The number of carbonyl (C=O) groups excluding carboxylic acids is 1. The van der Waals surface area contributed by atoms with E-state index in [1.165, 1.54) is 0 Å². The first-order chi connectivity index (χ1) is 11.8. The minimum Gasteiger partial charge on any atom is -0.361 e. The predicted molar refractivity (Wildman–Crippen MR) is 95.0 cm³/mol. The number of fused-ring (bicyclic) bond motifs is 1. The first kappa shape index (κ1) is 14.8. The van der Waals surface area contributed by atoms with Crippen molar-refractivity contribution in [3.05, 3.63) is 60.4 Å². The van der Waals surface area contributed by atoms with Gasteiger partial charge in [0.2, 0.25) is 5.91 Å². The first-order valence-corrected chi connectivity index (χ1v) is 8.29. The molecule has 0 spiro atoms. The SMILES string of the molecule is O=C(Cc1ccc2[nH]ccc2c1)N1CCN(c2ccccn2)CC1. The van der Waals surface area contributed by atoms with Gasteiger partial charge in [-0.05, 0) is 41.3 Å². The lowest BCUT2D eigenvalue weighted by Gasteiger charge is -2.35. The highest BCUT2D eigenvalue weighted by molar-refractivity contribution is 5.83. The topological polar surface area (TPSA) is 52.2 Å². The van der Waals surface area contributed by atoms with E-state index in [2.05, 4.69) is 20.9 Å². The molecule has 122 valence electrons. The van der Waals surface area contributed by atoms with Crippen LogP contribution in [0.25, 0.3) is 10.9 Å². The summed E-state index contributed by atoms with van der Waals surface area (Å²) in [6.45, 7) is 3.17. The number of piperazine rings is 1. The zero-order valence-corrected chi connectivity index (χ0v) is 13.5. The average Bonchev–Trinajstić information content (AvgIpc) is 3.10. The summed E-state index contributed by atoms with van der Waals surface area (Å²) in [6, 6.07) is 14.1. The molecular weight excluding hydrogens is 300 g/mol. The second-order valence-electron chi connectivity index (χ2n) is 6.13. The summed E-state index contributed by atoms with van der Waals surface area (Å²) in [4.78, 5) is 24.3. The maximum atomic E-state index is 12.6. The van der Waals surface area contributed by atoms with Gasteiger partial charge in [0.25, 0.3) is 0 Å². The number of benzene rings is 1. The summed E-state index contributed by atoms with van der Waals surface area (Å²) in [5.74, 6) is 1.19. The minimum absolute atomic E-state index is 0.200. The molecule has 2 aromatic heterocycles. The molecule has 1 aliphatic heterocycles. The van der Waals surface area contributed by atoms with Crippen LogP contribution in [0.4, 0.5) is 5.82 Å². The van der Waals surface area contributed by atoms with Gasteiger partial charge in [-0.15, -0.1) is 0 Å². The second kappa shape index (κ2) is 6.35. The van der Waals surface area contributed by atoms with E-state index in [0.717, 1.165) is 48.5 Å². The van der Waals surface area contributed by atoms with Crippen molar-refractivity contribution in [2.75, 3.05) is 31.1 Å². The fraction of sp³-hybridized carbons (Fsp3) is 0.263. The molecule has 0 atom stereocenters. The van der Waals surface area contributed by atoms with E-state index >= 15 is 0 Å². The van der Waals surface area contributed by atoms with Gasteiger partial charge in [0.05, 0.1) is 6.42 Å². The molecule has 1 saturated heterocycles.